The Morgan fingerprint density at radius 2 is 1.74 bits per heavy atom. The molecular formula is C24H26N4O3. The lowest BCUT2D eigenvalue weighted by Crippen LogP contribution is -2.37. The van der Waals surface area contributed by atoms with Crippen molar-refractivity contribution >= 4 is 11.8 Å². The van der Waals surface area contributed by atoms with Crippen LogP contribution in [0.25, 0.3) is 11.4 Å². The minimum Gasteiger partial charge on any atom is -0.359 e. The number of amides is 2. The van der Waals surface area contributed by atoms with Crippen molar-refractivity contribution in [3.63, 3.8) is 0 Å². The molecule has 1 aromatic heterocycles. The predicted octanol–water partition coefficient (Wildman–Crippen LogP) is 3.09. The molecule has 1 heterocycles. The van der Waals surface area contributed by atoms with Crippen LogP contribution in [0.4, 0.5) is 0 Å². The van der Waals surface area contributed by atoms with Gasteiger partial charge in [0.1, 0.15) is 0 Å². The first-order valence-corrected chi connectivity index (χ1v) is 10.6. The van der Waals surface area contributed by atoms with Crippen LogP contribution in [0.5, 0.6) is 0 Å². The molecule has 160 valence electrons. The third kappa shape index (κ3) is 4.99. The van der Waals surface area contributed by atoms with Gasteiger partial charge in [-0.2, -0.15) is 4.98 Å². The van der Waals surface area contributed by atoms with E-state index in [1.54, 1.807) is 7.05 Å². The number of aryl methyl sites for hydroxylation is 1. The third-order valence-electron chi connectivity index (χ3n) is 5.80. The highest BCUT2D eigenvalue weighted by Gasteiger charge is 2.42. The van der Waals surface area contributed by atoms with Crippen molar-refractivity contribution in [2.24, 2.45) is 5.92 Å². The fourth-order valence-electron chi connectivity index (χ4n) is 4.16. The molecule has 7 nitrogen and oxygen atoms in total. The smallest absolute Gasteiger partial charge is 0.232 e. The van der Waals surface area contributed by atoms with Gasteiger partial charge in [-0.15, -0.1) is 0 Å². The Morgan fingerprint density at radius 3 is 2.45 bits per heavy atom. The number of hydrogen-bond acceptors (Lipinski definition) is 5. The number of rotatable bonds is 7. The number of aromatic nitrogens is 2. The SMILES string of the molecule is CNC(=O)C1CC(NC(=O)CCc2ccccc2)C(c2nc(-c3ccccc3)no2)C1. The van der Waals surface area contributed by atoms with E-state index in [4.69, 9.17) is 4.52 Å². The topological polar surface area (TPSA) is 97.1 Å². The molecule has 3 unspecified atom stereocenters. The van der Waals surface area contributed by atoms with Crippen molar-refractivity contribution < 1.29 is 14.1 Å². The number of benzene rings is 2. The van der Waals surface area contributed by atoms with Crippen LogP contribution < -0.4 is 10.6 Å². The maximum absolute atomic E-state index is 12.6. The fourth-order valence-corrected chi connectivity index (χ4v) is 4.16. The van der Waals surface area contributed by atoms with Gasteiger partial charge in [-0.1, -0.05) is 65.8 Å². The van der Waals surface area contributed by atoms with Gasteiger partial charge >= 0.3 is 0 Å². The second kappa shape index (κ2) is 9.55. The molecule has 1 saturated carbocycles. The normalized spacial score (nSPS) is 20.4. The van der Waals surface area contributed by atoms with Crippen LogP contribution in [0.2, 0.25) is 0 Å². The van der Waals surface area contributed by atoms with Gasteiger partial charge < -0.3 is 15.2 Å². The summed E-state index contributed by atoms with van der Waals surface area (Å²) in [5, 5.41) is 9.93. The van der Waals surface area contributed by atoms with E-state index in [9.17, 15) is 9.59 Å². The van der Waals surface area contributed by atoms with Gasteiger partial charge in [0.2, 0.25) is 23.5 Å². The summed E-state index contributed by atoms with van der Waals surface area (Å²) >= 11 is 0. The second-order valence-corrected chi connectivity index (χ2v) is 7.87. The number of hydrogen-bond donors (Lipinski definition) is 2. The minimum atomic E-state index is -0.227. The molecule has 0 saturated heterocycles. The Labute approximate surface area is 181 Å². The molecule has 31 heavy (non-hydrogen) atoms. The van der Waals surface area contributed by atoms with Crippen molar-refractivity contribution in [3.05, 3.63) is 72.1 Å². The lowest BCUT2D eigenvalue weighted by Gasteiger charge is -2.18. The minimum absolute atomic E-state index is 0.0335. The largest absolute Gasteiger partial charge is 0.359 e. The summed E-state index contributed by atoms with van der Waals surface area (Å²) in [6.45, 7) is 0. The third-order valence-corrected chi connectivity index (χ3v) is 5.80. The van der Waals surface area contributed by atoms with Crippen LogP contribution in [-0.2, 0) is 16.0 Å². The highest BCUT2D eigenvalue weighted by molar-refractivity contribution is 5.80. The van der Waals surface area contributed by atoms with Crippen LogP contribution in [0, 0.1) is 5.92 Å². The highest BCUT2D eigenvalue weighted by Crippen LogP contribution is 2.38. The molecule has 4 rings (SSSR count). The number of nitrogens with zero attached hydrogens (tertiary/aromatic N) is 2. The summed E-state index contributed by atoms with van der Waals surface area (Å²) in [5.74, 6) is 0.481. The lowest BCUT2D eigenvalue weighted by atomic mass is 10.0. The maximum Gasteiger partial charge on any atom is 0.232 e. The molecule has 0 aliphatic heterocycles. The molecule has 7 heteroatoms. The van der Waals surface area contributed by atoms with Crippen LogP contribution >= 0.6 is 0 Å². The predicted molar refractivity (Wildman–Crippen MR) is 116 cm³/mol. The van der Waals surface area contributed by atoms with E-state index in [0.29, 0.717) is 37.4 Å². The monoisotopic (exact) mass is 418 g/mol. The van der Waals surface area contributed by atoms with Gasteiger partial charge in [0.05, 0.1) is 5.92 Å². The molecule has 2 N–H and O–H groups in total. The molecule has 1 aliphatic carbocycles. The van der Waals surface area contributed by atoms with Gasteiger partial charge in [0, 0.05) is 31.0 Å². The van der Waals surface area contributed by atoms with E-state index < -0.39 is 0 Å². The number of carbonyl (C=O) groups excluding carboxylic acids is 2. The Hall–Kier alpha value is -3.48. The van der Waals surface area contributed by atoms with Crippen molar-refractivity contribution in [2.75, 3.05) is 7.05 Å². The van der Waals surface area contributed by atoms with E-state index in [-0.39, 0.29) is 29.7 Å². The van der Waals surface area contributed by atoms with Gasteiger partial charge in [0.15, 0.2) is 0 Å². The summed E-state index contributed by atoms with van der Waals surface area (Å²) in [7, 11) is 1.63. The molecule has 0 spiro atoms. The molecule has 0 radical (unpaired) electrons. The Morgan fingerprint density at radius 1 is 1.03 bits per heavy atom. The van der Waals surface area contributed by atoms with Crippen LogP contribution in [-0.4, -0.2) is 35.0 Å². The van der Waals surface area contributed by atoms with Gasteiger partial charge in [-0.25, -0.2) is 0 Å². The molecule has 2 amide bonds. The maximum atomic E-state index is 12.6. The summed E-state index contributed by atoms with van der Waals surface area (Å²) in [5.41, 5.74) is 1.98. The van der Waals surface area contributed by atoms with Crippen molar-refractivity contribution in [3.8, 4) is 11.4 Å². The molecule has 1 aliphatic rings. The zero-order valence-corrected chi connectivity index (χ0v) is 17.5. The standard InChI is InChI=1S/C24H26N4O3/c1-25-23(30)18-14-19(24-27-22(28-31-24)17-10-6-3-7-11-17)20(15-18)26-21(29)13-12-16-8-4-2-5-9-16/h2-11,18-20H,12-15H2,1H3,(H,25,30)(H,26,29). The Bertz CT molecular complexity index is 1020. The quantitative estimate of drug-likeness (QED) is 0.615. The van der Waals surface area contributed by atoms with E-state index in [0.717, 1.165) is 11.1 Å². The van der Waals surface area contributed by atoms with E-state index in [1.807, 2.05) is 60.7 Å². The molecular weight excluding hydrogens is 392 g/mol. The Kier molecular flexibility index (Phi) is 6.40. The van der Waals surface area contributed by atoms with E-state index >= 15 is 0 Å². The zero-order valence-electron chi connectivity index (χ0n) is 17.5. The van der Waals surface area contributed by atoms with Crippen molar-refractivity contribution in [1.82, 2.24) is 20.8 Å². The molecule has 3 atom stereocenters. The molecule has 1 fully saturated rings. The second-order valence-electron chi connectivity index (χ2n) is 7.87. The first-order chi connectivity index (χ1) is 15.1. The van der Waals surface area contributed by atoms with Crippen molar-refractivity contribution in [1.29, 1.82) is 0 Å². The average Bonchev–Trinajstić information content (AvgIpc) is 3.46. The van der Waals surface area contributed by atoms with Gasteiger partial charge in [0.25, 0.3) is 0 Å². The first-order valence-electron chi connectivity index (χ1n) is 10.6. The van der Waals surface area contributed by atoms with Crippen LogP contribution in [0.3, 0.4) is 0 Å². The van der Waals surface area contributed by atoms with Gasteiger partial charge in [-0.3, -0.25) is 9.59 Å². The summed E-state index contributed by atoms with van der Waals surface area (Å²) in [4.78, 5) is 29.5. The molecule has 0 bridgehead atoms. The van der Waals surface area contributed by atoms with E-state index in [1.165, 1.54) is 0 Å². The summed E-state index contributed by atoms with van der Waals surface area (Å²) in [6.07, 6.45) is 2.16. The summed E-state index contributed by atoms with van der Waals surface area (Å²) < 4.78 is 5.56. The highest BCUT2D eigenvalue weighted by atomic mass is 16.5. The number of carbonyl (C=O) groups is 2. The zero-order chi connectivity index (χ0) is 21.6. The Balaban J connectivity index is 1.47. The lowest BCUT2D eigenvalue weighted by molar-refractivity contribution is -0.125. The van der Waals surface area contributed by atoms with Crippen LogP contribution in [0.15, 0.2) is 65.2 Å². The van der Waals surface area contributed by atoms with Gasteiger partial charge in [-0.05, 0) is 24.8 Å². The molecule has 3 aromatic rings. The fraction of sp³-hybridized carbons (Fsp3) is 0.333. The van der Waals surface area contributed by atoms with Crippen molar-refractivity contribution in [2.45, 2.75) is 37.6 Å². The van der Waals surface area contributed by atoms with Crippen LogP contribution in [0.1, 0.15) is 36.6 Å². The summed E-state index contributed by atoms with van der Waals surface area (Å²) in [6, 6.07) is 19.3. The first kappa shape index (κ1) is 20.8. The van der Waals surface area contributed by atoms with E-state index in [2.05, 4.69) is 20.8 Å². The average molecular weight is 418 g/mol. The number of nitrogens with one attached hydrogen (secondary N) is 2. The molecule has 2 aromatic carbocycles.